The number of piperazine rings is 1. The first-order valence-electron chi connectivity index (χ1n) is 20.6. The molecule has 1 unspecified atom stereocenters. The number of benzene rings is 5. The van der Waals surface area contributed by atoms with Gasteiger partial charge in [-0.25, -0.2) is 29.0 Å². The van der Waals surface area contributed by atoms with E-state index in [-0.39, 0.29) is 16.7 Å². The summed E-state index contributed by atoms with van der Waals surface area (Å²) in [7, 11) is 5.19. The Kier molecular flexibility index (Phi) is 15.0. The van der Waals surface area contributed by atoms with Crippen molar-refractivity contribution in [2.45, 2.75) is 33.2 Å². The average Bonchev–Trinajstić information content (AvgIpc) is 3.30. The SMILES string of the molecule is CCc1nc2ccccc2c(=O)o1.COc1ccc(N(C(=O)Nc2ccc(C)cc2)C(C)c2nc3ccccc3c(=O)n2N2CCN(C)CC2)c(OC)c1.Nc1ccccc1C(=O)O. The Morgan fingerprint density at radius 1 is 0.844 bits per heavy atom. The van der Waals surface area contributed by atoms with Crippen molar-refractivity contribution < 1.29 is 28.6 Å². The number of ether oxygens (including phenoxy) is 2. The minimum absolute atomic E-state index is 0.155. The number of urea groups is 1. The predicted octanol–water partition coefficient (Wildman–Crippen LogP) is 7.12. The van der Waals surface area contributed by atoms with Crippen LogP contribution in [0.1, 0.15) is 47.5 Å². The summed E-state index contributed by atoms with van der Waals surface area (Å²) in [5.74, 6) is 0.997. The third-order valence-electron chi connectivity index (χ3n) is 10.5. The predicted molar refractivity (Wildman–Crippen MR) is 250 cm³/mol. The Bertz CT molecular complexity index is 2860. The molecule has 0 aliphatic carbocycles. The molecule has 3 heterocycles. The van der Waals surface area contributed by atoms with Crippen LogP contribution >= 0.6 is 0 Å². The first-order chi connectivity index (χ1) is 30.8. The quantitative estimate of drug-likeness (QED) is 0.124. The number of carboxylic acids is 1. The molecule has 0 spiro atoms. The highest BCUT2D eigenvalue weighted by Crippen LogP contribution is 2.37. The molecule has 0 saturated carbocycles. The maximum absolute atomic E-state index is 14.1. The van der Waals surface area contributed by atoms with Gasteiger partial charge in [0.25, 0.3) is 5.56 Å². The zero-order chi connectivity index (χ0) is 45.9. The molecule has 7 aromatic rings. The van der Waals surface area contributed by atoms with Gasteiger partial charge in [0.05, 0.1) is 53.3 Å². The number of nitrogens with one attached hydrogen (secondary N) is 1. The molecular weight excluding hydrogens is 817 g/mol. The van der Waals surface area contributed by atoms with E-state index in [0.29, 0.717) is 81.6 Å². The number of anilines is 3. The van der Waals surface area contributed by atoms with Gasteiger partial charge in [-0.3, -0.25) is 9.69 Å². The lowest BCUT2D eigenvalue weighted by atomic mass is 10.1. The number of nitrogen functional groups attached to an aromatic ring is 1. The number of para-hydroxylation sites is 3. The molecular formula is C48H52N8O8. The summed E-state index contributed by atoms with van der Waals surface area (Å²) in [5.41, 5.74) is 8.85. The van der Waals surface area contributed by atoms with Gasteiger partial charge in [0.1, 0.15) is 11.5 Å². The fourth-order valence-electron chi connectivity index (χ4n) is 7.00. The standard InChI is InChI=1S/C31H36N6O4.C10H9NO2.C7H7NO2/c1-21-10-12-23(13-11-21)32-31(39)36(27-15-14-24(40-4)20-28(27)41-5)22(2)29-33-26-9-7-6-8-25(26)30(38)37(29)35-18-16-34(3)17-19-35;1-2-9-11-8-6-4-3-5-7(8)10(12)13-9;8-6-4-2-1-3-5(6)7(9)10/h6-15,20,22H,16-19H2,1-5H3,(H,32,39);3-6H,2H2,1H3;1-4H,8H2,(H,9,10). The van der Waals surface area contributed by atoms with Crippen LogP contribution < -0.4 is 41.6 Å². The number of nitrogens with zero attached hydrogens (tertiary/aromatic N) is 6. The highest BCUT2D eigenvalue weighted by molar-refractivity contribution is 6.03. The van der Waals surface area contributed by atoms with Crippen molar-refractivity contribution in [3.05, 3.63) is 159 Å². The number of carbonyl (C=O) groups is 2. The number of amides is 2. The number of methoxy groups -OCH3 is 2. The molecule has 332 valence electrons. The largest absolute Gasteiger partial charge is 0.497 e. The average molecular weight is 869 g/mol. The van der Waals surface area contributed by atoms with Gasteiger partial charge in [-0.1, -0.05) is 61.0 Å². The highest BCUT2D eigenvalue weighted by Gasteiger charge is 2.32. The number of hydrogen-bond donors (Lipinski definition) is 3. The van der Waals surface area contributed by atoms with Gasteiger partial charge >= 0.3 is 17.6 Å². The Balaban J connectivity index is 0.000000238. The summed E-state index contributed by atoms with van der Waals surface area (Å²) in [5, 5.41) is 14.6. The first-order valence-corrected chi connectivity index (χ1v) is 20.6. The molecule has 16 nitrogen and oxygen atoms in total. The van der Waals surface area contributed by atoms with E-state index in [9.17, 15) is 19.2 Å². The molecule has 4 N–H and O–H groups in total. The summed E-state index contributed by atoms with van der Waals surface area (Å²) in [6.45, 7) is 8.68. The number of aromatic carboxylic acids is 1. The van der Waals surface area contributed by atoms with Gasteiger partial charge in [-0.2, -0.15) is 0 Å². The number of aryl methyl sites for hydroxylation is 2. The lowest BCUT2D eigenvalue weighted by Gasteiger charge is -2.38. The number of carboxylic acid groups (broad SMARTS) is 1. The molecule has 1 atom stereocenters. The van der Waals surface area contributed by atoms with Crippen LogP contribution in [0.15, 0.2) is 129 Å². The molecule has 0 radical (unpaired) electrons. The third kappa shape index (κ3) is 10.7. The normalized spacial score (nSPS) is 12.9. The van der Waals surface area contributed by atoms with E-state index < -0.39 is 18.0 Å². The first kappa shape index (κ1) is 45.8. The number of rotatable bonds is 9. The van der Waals surface area contributed by atoms with E-state index in [1.807, 2.05) is 80.4 Å². The minimum atomic E-state index is -0.988. The van der Waals surface area contributed by atoms with Crippen LogP contribution in [0.2, 0.25) is 0 Å². The van der Waals surface area contributed by atoms with Crippen LogP contribution in [0.4, 0.5) is 21.9 Å². The number of hydrogen-bond acceptors (Lipinski definition) is 12. The van der Waals surface area contributed by atoms with Crippen LogP contribution in [0.25, 0.3) is 21.8 Å². The van der Waals surface area contributed by atoms with Crippen LogP contribution in [0, 0.1) is 6.92 Å². The molecule has 8 rings (SSSR count). The van der Waals surface area contributed by atoms with Gasteiger partial charge in [0, 0.05) is 50.0 Å². The number of nitrogens with two attached hydrogens (primary N) is 1. The highest BCUT2D eigenvalue weighted by atomic mass is 16.5. The lowest BCUT2D eigenvalue weighted by molar-refractivity contribution is 0.0698. The third-order valence-corrected chi connectivity index (χ3v) is 10.5. The number of aromatic nitrogens is 3. The summed E-state index contributed by atoms with van der Waals surface area (Å²) >= 11 is 0. The van der Waals surface area contributed by atoms with E-state index in [2.05, 4.69) is 22.2 Å². The Hall–Kier alpha value is -7.72. The molecule has 2 aromatic heterocycles. The van der Waals surface area contributed by atoms with E-state index in [1.54, 1.807) is 78.4 Å². The second-order valence-corrected chi connectivity index (χ2v) is 14.9. The summed E-state index contributed by atoms with van der Waals surface area (Å²) in [6.07, 6.45) is 0.639. The van der Waals surface area contributed by atoms with E-state index >= 15 is 0 Å². The molecule has 1 fully saturated rings. The Labute approximate surface area is 370 Å². The van der Waals surface area contributed by atoms with Crippen molar-refractivity contribution in [3.8, 4) is 11.5 Å². The fourth-order valence-corrected chi connectivity index (χ4v) is 7.00. The van der Waals surface area contributed by atoms with Gasteiger partial charge in [-0.05, 0) is 81.6 Å². The van der Waals surface area contributed by atoms with Gasteiger partial charge < -0.3 is 40.0 Å². The van der Waals surface area contributed by atoms with E-state index in [1.165, 1.54) is 6.07 Å². The van der Waals surface area contributed by atoms with E-state index in [4.69, 9.17) is 29.7 Å². The molecule has 64 heavy (non-hydrogen) atoms. The number of likely N-dealkylation sites (N-methyl/N-ethyl adjacent to an activating group) is 1. The zero-order valence-corrected chi connectivity index (χ0v) is 36.6. The van der Waals surface area contributed by atoms with Gasteiger partial charge in [0.2, 0.25) is 0 Å². The van der Waals surface area contributed by atoms with E-state index in [0.717, 1.165) is 18.7 Å². The molecule has 0 bridgehead atoms. The van der Waals surface area contributed by atoms with Crippen molar-refractivity contribution in [1.29, 1.82) is 0 Å². The topological polar surface area (TPSA) is 199 Å². The molecule has 1 aliphatic rings. The summed E-state index contributed by atoms with van der Waals surface area (Å²) in [6, 6.07) is 32.7. The van der Waals surface area contributed by atoms with Crippen LogP contribution in [-0.4, -0.2) is 84.1 Å². The second kappa shape index (κ2) is 20.9. The smallest absolute Gasteiger partial charge is 0.346 e. The van der Waals surface area contributed by atoms with Crippen molar-refractivity contribution in [2.24, 2.45) is 0 Å². The van der Waals surface area contributed by atoms with Gasteiger partial charge in [0.15, 0.2) is 11.7 Å². The molecule has 16 heteroatoms. The molecule has 2 amide bonds. The molecule has 1 saturated heterocycles. The van der Waals surface area contributed by atoms with Crippen molar-refractivity contribution in [2.75, 3.05) is 68.4 Å². The number of carbonyl (C=O) groups excluding carboxylic acids is 1. The Morgan fingerprint density at radius 3 is 2.08 bits per heavy atom. The van der Waals surface area contributed by atoms with Crippen LogP contribution in [0.3, 0.4) is 0 Å². The monoisotopic (exact) mass is 868 g/mol. The lowest BCUT2D eigenvalue weighted by Crippen LogP contribution is -2.55. The minimum Gasteiger partial charge on any atom is -0.497 e. The summed E-state index contributed by atoms with van der Waals surface area (Å²) in [4.78, 5) is 62.8. The summed E-state index contributed by atoms with van der Waals surface area (Å²) < 4.78 is 17.8. The van der Waals surface area contributed by atoms with Crippen molar-refractivity contribution in [1.82, 2.24) is 19.5 Å². The Morgan fingerprint density at radius 2 is 1.47 bits per heavy atom. The maximum atomic E-state index is 14.1. The van der Waals surface area contributed by atoms with Gasteiger partial charge in [-0.15, -0.1) is 0 Å². The van der Waals surface area contributed by atoms with Crippen molar-refractivity contribution in [3.63, 3.8) is 0 Å². The maximum Gasteiger partial charge on any atom is 0.346 e. The van der Waals surface area contributed by atoms with Crippen LogP contribution in [0.5, 0.6) is 11.5 Å². The van der Waals surface area contributed by atoms with Crippen molar-refractivity contribution >= 4 is 50.9 Å². The zero-order valence-electron chi connectivity index (χ0n) is 36.6. The molecule has 1 aliphatic heterocycles. The fraction of sp³-hybridized carbons (Fsp3) is 0.250. The second-order valence-electron chi connectivity index (χ2n) is 14.9. The van der Waals surface area contributed by atoms with Crippen LogP contribution in [-0.2, 0) is 6.42 Å². The number of fused-ring (bicyclic) bond motifs is 2. The molecule has 5 aromatic carbocycles.